The summed E-state index contributed by atoms with van der Waals surface area (Å²) >= 11 is 0. The first-order chi connectivity index (χ1) is 30.2. The second-order valence-electron chi connectivity index (χ2n) is 20.0. The van der Waals surface area contributed by atoms with Crippen molar-refractivity contribution in [1.82, 2.24) is 10.6 Å². The minimum Gasteiger partial charge on any atom is -0.493 e. The fourth-order valence-corrected chi connectivity index (χ4v) is 8.16. The van der Waals surface area contributed by atoms with Crippen molar-refractivity contribution in [2.45, 2.75) is 192 Å². The Kier molecular flexibility index (Phi) is 18.8. The monoisotopic (exact) mass is 919 g/mol. The Morgan fingerprint density at radius 2 is 1.22 bits per heavy atom. The third-order valence-corrected chi connectivity index (χ3v) is 12.5. The van der Waals surface area contributed by atoms with E-state index in [0.29, 0.717) is 17.9 Å². The molecule has 0 spiro atoms. The fraction of sp³-hybridized carbons (Fsp3) is 0.714. The Morgan fingerprint density at radius 1 is 0.677 bits per heavy atom. The van der Waals surface area contributed by atoms with Gasteiger partial charge in [-0.05, 0) is 111 Å². The summed E-state index contributed by atoms with van der Waals surface area (Å²) in [4.78, 5) is 27.9. The highest BCUT2D eigenvalue weighted by atomic mass is 16.6. The molecule has 2 amide bonds. The molecular weight excluding hydrogens is 841 g/mol. The summed E-state index contributed by atoms with van der Waals surface area (Å²) in [5, 5.41) is 52.2. The van der Waals surface area contributed by atoms with Crippen LogP contribution < -0.4 is 20.1 Å². The number of carbonyl (C=O) groups excluding carboxylic acids is 2. The summed E-state index contributed by atoms with van der Waals surface area (Å²) in [5.74, 6) is 0.0608. The van der Waals surface area contributed by atoms with E-state index in [4.69, 9.17) is 37.9 Å². The maximum Gasteiger partial charge on any atom is 0.252 e. The first kappa shape index (κ1) is 54.2. The van der Waals surface area contributed by atoms with Gasteiger partial charge in [0.25, 0.3) is 11.8 Å². The van der Waals surface area contributed by atoms with Gasteiger partial charge in [0, 0.05) is 13.1 Å². The van der Waals surface area contributed by atoms with Crippen LogP contribution in [0.5, 0.6) is 11.5 Å². The van der Waals surface area contributed by atoms with Gasteiger partial charge < -0.3 is 69.0 Å². The number of aliphatic hydroxyl groups is 4. The van der Waals surface area contributed by atoms with E-state index >= 15 is 0 Å². The van der Waals surface area contributed by atoms with Gasteiger partial charge in [-0.25, -0.2) is 0 Å². The number of carbonyl (C=O) groups is 2. The lowest BCUT2D eigenvalue weighted by atomic mass is 9.85. The number of benzene rings is 2. The van der Waals surface area contributed by atoms with Crippen LogP contribution in [0.2, 0.25) is 0 Å². The highest BCUT2D eigenvalue weighted by molar-refractivity contribution is 5.82. The summed E-state index contributed by atoms with van der Waals surface area (Å²) in [7, 11) is 3.10. The van der Waals surface area contributed by atoms with Crippen LogP contribution in [0.25, 0.3) is 0 Å². The summed E-state index contributed by atoms with van der Waals surface area (Å²) in [5.41, 5.74) is -2.51. The lowest BCUT2D eigenvalue weighted by Gasteiger charge is -2.49. The van der Waals surface area contributed by atoms with Crippen LogP contribution in [0.15, 0.2) is 48.5 Å². The molecule has 10 atom stereocenters. The lowest BCUT2D eigenvalue weighted by Crippen LogP contribution is -2.68. The first-order valence-electron chi connectivity index (χ1n) is 22.8. The smallest absolute Gasteiger partial charge is 0.252 e. The van der Waals surface area contributed by atoms with Crippen molar-refractivity contribution >= 4 is 11.8 Å². The number of methoxy groups -OCH3 is 2. The van der Waals surface area contributed by atoms with E-state index in [9.17, 15) is 30.0 Å². The third kappa shape index (κ3) is 14.1. The molecule has 0 aliphatic carbocycles. The van der Waals surface area contributed by atoms with Crippen molar-refractivity contribution in [2.75, 3.05) is 27.4 Å². The standard InChI is InChI=1S/C49H78N2O14/c1-28(2)47(7,8)65-39-35(53)36(54)42(61-41(39)45(57)51-27-31-18-16-15-17-19-31)48(9,10)60-25-23-46(5,6)64-38-34(52)37(55)43(49(11,12)63-29(3)4)62-40(38)44(56)50-24-22-30-20-21-32(58-13)33(26-30)59-14/h15-21,26,28-29,34-43,52-55H,22-25,27H2,1-14H3,(H,50,56)(H,51,57)/t34-,35-,36+,37+,38+,39+,40?,41?,42-,43-/m1/s1. The van der Waals surface area contributed by atoms with Gasteiger partial charge in [-0.3, -0.25) is 9.59 Å². The predicted molar refractivity (Wildman–Crippen MR) is 244 cm³/mol. The highest BCUT2D eigenvalue weighted by Gasteiger charge is 2.56. The zero-order valence-electron chi connectivity index (χ0n) is 41.0. The quantitative estimate of drug-likeness (QED) is 0.0986. The number of hydrogen-bond acceptors (Lipinski definition) is 14. The van der Waals surface area contributed by atoms with Crippen LogP contribution in [-0.2, 0) is 51.0 Å². The van der Waals surface area contributed by atoms with Crippen LogP contribution >= 0.6 is 0 Å². The summed E-state index contributed by atoms with van der Waals surface area (Å²) < 4.78 is 48.9. The normalized spacial score (nSPS) is 26.8. The van der Waals surface area contributed by atoms with Crippen molar-refractivity contribution in [3.05, 3.63) is 59.7 Å². The Hall–Kier alpha value is -3.42. The van der Waals surface area contributed by atoms with Gasteiger partial charge in [-0.15, -0.1) is 0 Å². The number of amides is 2. The molecule has 2 saturated heterocycles. The molecule has 0 saturated carbocycles. The summed E-state index contributed by atoms with van der Waals surface area (Å²) in [6.07, 6.45) is -13.1. The van der Waals surface area contributed by atoms with Crippen LogP contribution in [-0.4, -0.2) is 149 Å². The molecule has 65 heavy (non-hydrogen) atoms. The van der Waals surface area contributed by atoms with E-state index in [-0.39, 0.29) is 38.1 Å². The Morgan fingerprint density at radius 3 is 1.75 bits per heavy atom. The largest absolute Gasteiger partial charge is 0.493 e. The number of hydrogen-bond donors (Lipinski definition) is 6. The van der Waals surface area contributed by atoms with Gasteiger partial charge in [0.1, 0.15) is 48.8 Å². The first-order valence-corrected chi connectivity index (χ1v) is 22.8. The summed E-state index contributed by atoms with van der Waals surface area (Å²) in [6, 6.07) is 14.9. The molecule has 2 aromatic rings. The molecule has 4 rings (SSSR count). The Labute approximate surface area is 385 Å². The Balaban J connectivity index is 1.50. The maximum atomic E-state index is 14.0. The van der Waals surface area contributed by atoms with Crippen molar-refractivity contribution in [1.29, 1.82) is 0 Å². The van der Waals surface area contributed by atoms with Gasteiger partial charge in [0.05, 0.1) is 49.3 Å². The fourth-order valence-electron chi connectivity index (χ4n) is 8.16. The molecule has 0 aromatic heterocycles. The molecule has 2 aromatic carbocycles. The van der Waals surface area contributed by atoms with Crippen LogP contribution in [0.1, 0.15) is 101 Å². The van der Waals surface area contributed by atoms with Crippen molar-refractivity contribution < 1.29 is 67.9 Å². The maximum absolute atomic E-state index is 14.0. The highest BCUT2D eigenvalue weighted by Crippen LogP contribution is 2.38. The minimum atomic E-state index is -1.56. The van der Waals surface area contributed by atoms with Gasteiger partial charge in [-0.1, -0.05) is 50.2 Å². The second-order valence-corrected chi connectivity index (χ2v) is 20.0. The van der Waals surface area contributed by atoms with E-state index in [2.05, 4.69) is 10.6 Å². The number of aliphatic hydroxyl groups excluding tert-OH is 4. The van der Waals surface area contributed by atoms with E-state index in [1.807, 2.05) is 84.0 Å². The molecule has 0 radical (unpaired) electrons. The average Bonchev–Trinajstić information content (AvgIpc) is 3.22. The molecular formula is C49H78N2O14. The van der Waals surface area contributed by atoms with Crippen LogP contribution in [0.3, 0.4) is 0 Å². The minimum absolute atomic E-state index is 0.000468. The zero-order chi connectivity index (χ0) is 48.7. The topological polar surface area (TPSA) is 213 Å². The molecule has 0 bridgehead atoms. The third-order valence-electron chi connectivity index (χ3n) is 12.5. The lowest BCUT2D eigenvalue weighted by molar-refractivity contribution is -0.292. The van der Waals surface area contributed by atoms with E-state index < -0.39 is 95.3 Å². The predicted octanol–water partition coefficient (Wildman–Crippen LogP) is 4.03. The van der Waals surface area contributed by atoms with Crippen molar-refractivity contribution in [3.8, 4) is 11.5 Å². The van der Waals surface area contributed by atoms with Crippen LogP contribution in [0, 0.1) is 5.92 Å². The number of nitrogens with one attached hydrogen (secondary N) is 2. The molecule has 2 fully saturated rings. The molecule has 2 unspecified atom stereocenters. The molecule has 368 valence electrons. The van der Waals surface area contributed by atoms with E-state index in [1.165, 1.54) is 0 Å². The number of ether oxygens (including phenoxy) is 8. The van der Waals surface area contributed by atoms with Crippen molar-refractivity contribution in [2.24, 2.45) is 5.92 Å². The molecule has 2 heterocycles. The van der Waals surface area contributed by atoms with Crippen molar-refractivity contribution in [3.63, 3.8) is 0 Å². The molecule has 16 nitrogen and oxygen atoms in total. The Bertz CT molecular complexity index is 1820. The SMILES string of the molecule is COc1ccc(CCNC(=O)C2O[C@@H](C(C)(C)OC(C)C)[C@@H](O)[C@@H](O)[C@@H]2OC(C)(C)CCOC(C)(C)[C@@H]2OC(C(=O)NCc3ccccc3)[C@@H](OC(C)(C)C(C)C)[C@H](O)[C@@H]2O)cc1OC. The number of rotatable bonds is 22. The molecule has 6 N–H and O–H groups in total. The molecule has 16 heteroatoms. The second kappa shape index (κ2) is 22.6. The molecule has 2 aliphatic heterocycles. The van der Waals surface area contributed by atoms with Gasteiger partial charge in [0.15, 0.2) is 23.7 Å². The summed E-state index contributed by atoms with van der Waals surface area (Å²) in [6.45, 7) is 22.1. The van der Waals surface area contributed by atoms with E-state index in [1.54, 1.807) is 61.8 Å². The molecule has 2 aliphatic rings. The zero-order valence-corrected chi connectivity index (χ0v) is 41.0. The average molecular weight is 919 g/mol. The van der Waals surface area contributed by atoms with Gasteiger partial charge in [-0.2, -0.15) is 0 Å². The van der Waals surface area contributed by atoms with Gasteiger partial charge >= 0.3 is 0 Å². The van der Waals surface area contributed by atoms with Gasteiger partial charge in [0.2, 0.25) is 0 Å². The van der Waals surface area contributed by atoms with Crippen LogP contribution in [0.4, 0.5) is 0 Å². The van der Waals surface area contributed by atoms with E-state index in [0.717, 1.165) is 11.1 Å².